The van der Waals surface area contributed by atoms with Gasteiger partial charge in [-0.1, -0.05) is 48.5 Å². The van der Waals surface area contributed by atoms with Gasteiger partial charge in [-0.15, -0.1) is 0 Å². The van der Waals surface area contributed by atoms with Gasteiger partial charge in [0.25, 0.3) is 0 Å². The number of hydrogen-bond acceptors (Lipinski definition) is 4. The monoisotopic (exact) mass is 333 g/mol. The second kappa shape index (κ2) is 7.40. The molecule has 0 heterocycles. The number of nitrogens with two attached hydrogens (primary N) is 2. The van der Waals surface area contributed by atoms with Gasteiger partial charge in [-0.2, -0.15) is 0 Å². The quantitative estimate of drug-likeness (QED) is 0.622. The summed E-state index contributed by atoms with van der Waals surface area (Å²) in [7, 11) is 0. The van der Waals surface area contributed by atoms with Crippen LogP contribution in [0.4, 0.5) is 21.9 Å². The van der Waals surface area contributed by atoms with Gasteiger partial charge in [-0.05, 0) is 35.4 Å². The van der Waals surface area contributed by atoms with E-state index in [0.717, 1.165) is 11.1 Å². The molecule has 5 heteroatoms. The molecule has 126 valence electrons. The number of anilines is 3. The zero-order chi connectivity index (χ0) is 17.6. The van der Waals surface area contributed by atoms with E-state index in [2.05, 4.69) is 5.32 Å². The van der Waals surface area contributed by atoms with Gasteiger partial charge >= 0.3 is 6.09 Å². The molecule has 5 nitrogen and oxygen atoms in total. The minimum absolute atomic E-state index is 0.197. The standard InChI is InChI=1S/C20H19N3O2/c21-16-9-4-8-15(12-16)19-17(22)10-5-11-18(19)23-20(24)25-13-14-6-2-1-3-7-14/h1-12H,13,21-22H2,(H,23,24). The summed E-state index contributed by atoms with van der Waals surface area (Å²) in [5.41, 5.74) is 16.2. The van der Waals surface area contributed by atoms with E-state index in [1.54, 1.807) is 24.3 Å². The molecule has 0 atom stereocenters. The molecule has 0 saturated heterocycles. The Morgan fingerprint density at radius 2 is 1.68 bits per heavy atom. The maximum absolute atomic E-state index is 12.1. The number of nitrogen functional groups attached to an aromatic ring is 2. The molecule has 0 bridgehead atoms. The summed E-state index contributed by atoms with van der Waals surface area (Å²) < 4.78 is 5.27. The van der Waals surface area contributed by atoms with Crippen molar-refractivity contribution in [3.05, 3.63) is 78.4 Å². The van der Waals surface area contributed by atoms with Crippen molar-refractivity contribution >= 4 is 23.2 Å². The highest BCUT2D eigenvalue weighted by Crippen LogP contribution is 2.34. The molecule has 0 radical (unpaired) electrons. The lowest BCUT2D eigenvalue weighted by Gasteiger charge is -2.14. The van der Waals surface area contributed by atoms with Crippen molar-refractivity contribution in [3.63, 3.8) is 0 Å². The first-order chi connectivity index (χ1) is 12.1. The smallest absolute Gasteiger partial charge is 0.411 e. The predicted octanol–water partition coefficient (Wildman–Crippen LogP) is 4.27. The molecule has 0 aliphatic rings. The van der Waals surface area contributed by atoms with Crippen molar-refractivity contribution in [3.8, 4) is 11.1 Å². The molecule has 0 spiro atoms. The van der Waals surface area contributed by atoms with Gasteiger partial charge in [0, 0.05) is 16.9 Å². The molecule has 0 aromatic heterocycles. The average molecular weight is 333 g/mol. The molecule has 25 heavy (non-hydrogen) atoms. The average Bonchev–Trinajstić information content (AvgIpc) is 2.61. The third kappa shape index (κ3) is 4.09. The summed E-state index contributed by atoms with van der Waals surface area (Å²) in [6, 6.07) is 22.2. The Labute approximate surface area is 146 Å². The van der Waals surface area contributed by atoms with Gasteiger partial charge in [-0.3, -0.25) is 5.32 Å². The third-order valence-corrected chi connectivity index (χ3v) is 3.72. The highest BCUT2D eigenvalue weighted by Gasteiger charge is 2.12. The fraction of sp³-hybridized carbons (Fsp3) is 0.0500. The molecule has 0 saturated carbocycles. The number of carbonyl (C=O) groups is 1. The lowest BCUT2D eigenvalue weighted by molar-refractivity contribution is 0.155. The van der Waals surface area contributed by atoms with Crippen LogP contribution in [0.3, 0.4) is 0 Å². The minimum atomic E-state index is -0.542. The molecule has 5 N–H and O–H groups in total. The van der Waals surface area contributed by atoms with Crippen LogP contribution >= 0.6 is 0 Å². The summed E-state index contributed by atoms with van der Waals surface area (Å²) in [4.78, 5) is 12.1. The van der Waals surface area contributed by atoms with Gasteiger partial charge in [0.2, 0.25) is 0 Å². The van der Waals surface area contributed by atoms with E-state index >= 15 is 0 Å². The summed E-state index contributed by atoms with van der Waals surface area (Å²) >= 11 is 0. The van der Waals surface area contributed by atoms with Gasteiger partial charge in [0.1, 0.15) is 6.61 Å². The number of rotatable bonds is 4. The fourth-order valence-corrected chi connectivity index (χ4v) is 2.56. The van der Waals surface area contributed by atoms with Crippen LogP contribution in [0.1, 0.15) is 5.56 Å². The largest absolute Gasteiger partial charge is 0.444 e. The molecule has 0 unspecified atom stereocenters. The summed E-state index contributed by atoms with van der Waals surface area (Å²) in [5.74, 6) is 0. The zero-order valence-corrected chi connectivity index (χ0v) is 13.6. The summed E-state index contributed by atoms with van der Waals surface area (Å²) in [5, 5.41) is 2.76. The molecule has 3 rings (SSSR count). The first kappa shape index (κ1) is 16.4. The van der Waals surface area contributed by atoms with E-state index in [-0.39, 0.29) is 6.61 Å². The van der Waals surface area contributed by atoms with Crippen LogP contribution in [-0.2, 0) is 11.3 Å². The van der Waals surface area contributed by atoms with Crippen molar-refractivity contribution in [2.75, 3.05) is 16.8 Å². The van der Waals surface area contributed by atoms with Crippen molar-refractivity contribution < 1.29 is 9.53 Å². The fourth-order valence-electron chi connectivity index (χ4n) is 2.56. The van der Waals surface area contributed by atoms with Crippen molar-refractivity contribution in [1.29, 1.82) is 0 Å². The molecule has 0 fully saturated rings. The molecule has 3 aromatic rings. The van der Waals surface area contributed by atoms with E-state index in [1.165, 1.54) is 0 Å². The normalized spacial score (nSPS) is 10.2. The Hall–Kier alpha value is -3.47. The Morgan fingerprint density at radius 1 is 0.920 bits per heavy atom. The molecule has 0 aliphatic heterocycles. The van der Waals surface area contributed by atoms with Crippen molar-refractivity contribution in [1.82, 2.24) is 0 Å². The molecule has 1 amide bonds. The number of nitrogens with one attached hydrogen (secondary N) is 1. The summed E-state index contributed by atoms with van der Waals surface area (Å²) in [6.45, 7) is 0.197. The Bertz CT molecular complexity index is 879. The van der Waals surface area contributed by atoms with E-state index in [0.29, 0.717) is 22.6 Å². The SMILES string of the molecule is Nc1cccc(-c2c(N)cccc2NC(=O)OCc2ccccc2)c1. The Kier molecular flexibility index (Phi) is 4.85. The zero-order valence-electron chi connectivity index (χ0n) is 13.6. The number of benzene rings is 3. The molecular formula is C20H19N3O2. The molecule has 3 aromatic carbocycles. The maximum Gasteiger partial charge on any atom is 0.411 e. The van der Waals surface area contributed by atoms with Gasteiger partial charge in [0.15, 0.2) is 0 Å². The maximum atomic E-state index is 12.1. The van der Waals surface area contributed by atoms with E-state index in [1.807, 2.05) is 48.5 Å². The Balaban J connectivity index is 1.78. The second-order valence-electron chi connectivity index (χ2n) is 5.58. The number of hydrogen-bond donors (Lipinski definition) is 3. The summed E-state index contributed by atoms with van der Waals surface area (Å²) in [6.07, 6.45) is -0.542. The van der Waals surface area contributed by atoms with Crippen LogP contribution in [0.15, 0.2) is 72.8 Å². The van der Waals surface area contributed by atoms with E-state index in [9.17, 15) is 4.79 Å². The predicted molar refractivity (Wildman–Crippen MR) is 101 cm³/mol. The van der Waals surface area contributed by atoms with E-state index < -0.39 is 6.09 Å². The third-order valence-electron chi connectivity index (χ3n) is 3.72. The number of carbonyl (C=O) groups excluding carboxylic acids is 1. The van der Waals surface area contributed by atoms with E-state index in [4.69, 9.17) is 16.2 Å². The van der Waals surface area contributed by atoms with Crippen LogP contribution in [0.25, 0.3) is 11.1 Å². The topological polar surface area (TPSA) is 90.4 Å². The van der Waals surface area contributed by atoms with Gasteiger partial charge in [0.05, 0.1) is 5.69 Å². The van der Waals surface area contributed by atoms with Crippen molar-refractivity contribution in [2.24, 2.45) is 0 Å². The lowest BCUT2D eigenvalue weighted by Crippen LogP contribution is -2.14. The lowest BCUT2D eigenvalue weighted by atomic mass is 10.0. The highest BCUT2D eigenvalue weighted by molar-refractivity contribution is 5.96. The van der Waals surface area contributed by atoms with Crippen LogP contribution in [0.5, 0.6) is 0 Å². The van der Waals surface area contributed by atoms with Crippen molar-refractivity contribution in [2.45, 2.75) is 6.61 Å². The van der Waals surface area contributed by atoms with Gasteiger partial charge in [-0.25, -0.2) is 4.79 Å². The van der Waals surface area contributed by atoms with Crippen LogP contribution in [0, 0.1) is 0 Å². The first-order valence-corrected chi connectivity index (χ1v) is 7.85. The second-order valence-corrected chi connectivity index (χ2v) is 5.58. The van der Waals surface area contributed by atoms with Crippen LogP contribution in [-0.4, -0.2) is 6.09 Å². The molecule has 0 aliphatic carbocycles. The van der Waals surface area contributed by atoms with Crippen LogP contribution < -0.4 is 16.8 Å². The van der Waals surface area contributed by atoms with Gasteiger partial charge < -0.3 is 16.2 Å². The number of ether oxygens (including phenoxy) is 1. The molecular weight excluding hydrogens is 314 g/mol. The Morgan fingerprint density at radius 3 is 2.44 bits per heavy atom. The first-order valence-electron chi connectivity index (χ1n) is 7.85. The van der Waals surface area contributed by atoms with Crippen LogP contribution in [0.2, 0.25) is 0 Å². The highest BCUT2D eigenvalue weighted by atomic mass is 16.5. The number of amides is 1. The minimum Gasteiger partial charge on any atom is -0.444 e.